The van der Waals surface area contributed by atoms with Crippen LogP contribution in [0.3, 0.4) is 0 Å². The maximum absolute atomic E-state index is 14.7. The molecule has 0 aliphatic carbocycles. The number of primary amides is 1. The number of aliphatic carboxylic acids is 2. The standard InChI is InChI=1S/C40H52N6O8/c1-24(2)10-9-11-25(3)20-21-40-27-14-7-8-15-30(27)45-39(40)46(37(52)29(41)22-26-12-5-4-6-13-26)23-28(40)35(50)43-31(17-19-34(48)49)36(51)44-32(38(53)54)16-18-33(42)47/h4-8,10,12-15,20,28-29,31-32,39,45H,9,11,16-19,21-23,41H2,1-3H3,(H2,42,47)(H,43,50)(H,44,51)(H,48,49)(H,53,54)/b25-20-/t28-,29+,31+,32+,39-,40+/m1/s1. The Hall–Kier alpha value is -5.50. The summed E-state index contributed by atoms with van der Waals surface area (Å²) >= 11 is 0. The number of rotatable bonds is 19. The molecule has 0 aromatic heterocycles. The van der Waals surface area contributed by atoms with Gasteiger partial charge in [-0.15, -0.1) is 0 Å². The molecule has 9 N–H and O–H groups in total. The Bertz CT molecular complexity index is 1770. The molecule has 0 bridgehead atoms. The van der Waals surface area contributed by atoms with Crippen molar-refractivity contribution in [3.63, 3.8) is 0 Å². The average Bonchev–Trinajstić information content (AvgIpc) is 3.62. The second kappa shape index (κ2) is 18.5. The fraction of sp³-hybridized carbons (Fsp3) is 0.450. The first-order valence-electron chi connectivity index (χ1n) is 18.2. The number of para-hydroxylation sites is 1. The first kappa shape index (κ1) is 41.3. The second-order valence-electron chi connectivity index (χ2n) is 14.4. The number of fused-ring (bicyclic) bond motifs is 3. The highest BCUT2D eigenvalue weighted by Gasteiger charge is 2.62. The van der Waals surface area contributed by atoms with Crippen molar-refractivity contribution in [2.24, 2.45) is 17.4 Å². The van der Waals surface area contributed by atoms with Crippen LogP contribution in [0.1, 0.15) is 76.8 Å². The van der Waals surface area contributed by atoms with E-state index in [9.17, 15) is 39.0 Å². The molecule has 0 saturated carbocycles. The molecule has 4 amide bonds. The molecule has 2 aliphatic rings. The van der Waals surface area contributed by atoms with Crippen molar-refractivity contribution in [3.8, 4) is 0 Å². The summed E-state index contributed by atoms with van der Waals surface area (Å²) in [7, 11) is 0. The summed E-state index contributed by atoms with van der Waals surface area (Å²) in [4.78, 5) is 79.0. The van der Waals surface area contributed by atoms with E-state index in [4.69, 9.17) is 11.5 Å². The Morgan fingerprint density at radius 3 is 2.22 bits per heavy atom. The number of nitrogens with one attached hydrogen (secondary N) is 3. The van der Waals surface area contributed by atoms with Crippen LogP contribution in [0, 0.1) is 5.92 Å². The highest BCUT2D eigenvalue weighted by molar-refractivity contribution is 5.94. The normalized spacial score (nSPS) is 20.4. The van der Waals surface area contributed by atoms with E-state index in [-0.39, 0.29) is 38.1 Å². The first-order valence-corrected chi connectivity index (χ1v) is 18.2. The number of benzene rings is 2. The van der Waals surface area contributed by atoms with Crippen molar-refractivity contribution in [1.29, 1.82) is 0 Å². The predicted octanol–water partition coefficient (Wildman–Crippen LogP) is 2.97. The third-order valence-electron chi connectivity index (χ3n) is 10.2. The minimum absolute atomic E-state index is 0.0621. The van der Waals surface area contributed by atoms with E-state index in [0.29, 0.717) is 6.42 Å². The van der Waals surface area contributed by atoms with Gasteiger partial charge in [0.05, 0.1) is 17.4 Å². The van der Waals surface area contributed by atoms with Crippen molar-refractivity contribution >= 4 is 41.3 Å². The summed E-state index contributed by atoms with van der Waals surface area (Å²) in [6, 6.07) is 13.0. The Morgan fingerprint density at radius 1 is 0.907 bits per heavy atom. The van der Waals surface area contributed by atoms with Gasteiger partial charge in [-0.3, -0.25) is 24.0 Å². The fourth-order valence-electron chi connectivity index (χ4n) is 7.36. The lowest BCUT2D eigenvalue weighted by Crippen LogP contribution is -2.55. The van der Waals surface area contributed by atoms with E-state index < -0.39 is 71.7 Å². The monoisotopic (exact) mass is 744 g/mol. The first-order chi connectivity index (χ1) is 25.6. The number of carboxylic acid groups (broad SMARTS) is 2. The van der Waals surface area contributed by atoms with Gasteiger partial charge >= 0.3 is 11.9 Å². The minimum Gasteiger partial charge on any atom is -0.481 e. The van der Waals surface area contributed by atoms with E-state index in [0.717, 1.165) is 35.2 Å². The number of hydrogen-bond acceptors (Lipinski definition) is 8. The summed E-state index contributed by atoms with van der Waals surface area (Å²) in [5.41, 5.74) is 15.4. The molecule has 14 heteroatoms. The molecule has 2 aliphatic heterocycles. The molecule has 2 aromatic carbocycles. The number of carboxylic acids is 2. The van der Waals surface area contributed by atoms with Gasteiger partial charge in [0.15, 0.2) is 0 Å². The SMILES string of the molecule is CC(C)=CCC/C(C)=C\C[C@@]12c3ccccc3N[C@@H]1N(C(=O)[C@@H](N)Cc1ccccc1)C[C@@H]2C(=O)N[C@@H](CCC(=O)O)C(=O)N[C@@H](CCC(N)=O)C(=O)O. The molecule has 1 fully saturated rings. The second-order valence-corrected chi connectivity index (χ2v) is 14.4. The van der Waals surface area contributed by atoms with Crippen LogP contribution >= 0.6 is 0 Å². The molecule has 290 valence electrons. The summed E-state index contributed by atoms with van der Waals surface area (Å²) in [6.45, 7) is 6.03. The predicted molar refractivity (Wildman–Crippen MR) is 203 cm³/mol. The van der Waals surface area contributed by atoms with Crippen molar-refractivity contribution in [2.75, 3.05) is 11.9 Å². The van der Waals surface area contributed by atoms with Gasteiger partial charge in [-0.05, 0) is 76.5 Å². The molecule has 6 atom stereocenters. The zero-order valence-electron chi connectivity index (χ0n) is 31.0. The molecule has 0 unspecified atom stereocenters. The topological polar surface area (TPSA) is 234 Å². The molecular formula is C40H52N6O8. The van der Waals surface area contributed by atoms with E-state index in [1.807, 2.05) is 75.4 Å². The Morgan fingerprint density at radius 2 is 1.57 bits per heavy atom. The quantitative estimate of drug-likeness (QED) is 0.104. The molecule has 14 nitrogen and oxygen atoms in total. The average molecular weight is 745 g/mol. The molecule has 2 heterocycles. The minimum atomic E-state index is -1.51. The lowest BCUT2D eigenvalue weighted by atomic mass is 9.69. The number of anilines is 1. The molecule has 0 radical (unpaired) electrons. The van der Waals surface area contributed by atoms with Crippen LogP contribution in [0.25, 0.3) is 0 Å². The third-order valence-corrected chi connectivity index (χ3v) is 10.2. The maximum Gasteiger partial charge on any atom is 0.326 e. The molecule has 1 saturated heterocycles. The number of nitrogens with zero attached hydrogens (tertiary/aromatic N) is 1. The van der Waals surface area contributed by atoms with Crippen LogP contribution < -0.4 is 27.4 Å². The van der Waals surface area contributed by atoms with E-state index in [2.05, 4.69) is 28.1 Å². The van der Waals surface area contributed by atoms with Crippen molar-refractivity contribution in [3.05, 3.63) is 89.0 Å². The Kier molecular flexibility index (Phi) is 14.1. The lowest BCUT2D eigenvalue weighted by Gasteiger charge is -2.35. The van der Waals surface area contributed by atoms with Crippen LogP contribution in [-0.2, 0) is 40.6 Å². The van der Waals surface area contributed by atoms with Gasteiger partial charge in [-0.1, -0.05) is 71.8 Å². The van der Waals surface area contributed by atoms with Gasteiger partial charge < -0.3 is 42.5 Å². The van der Waals surface area contributed by atoms with Crippen LogP contribution in [0.2, 0.25) is 0 Å². The number of carbonyl (C=O) groups is 6. The van der Waals surface area contributed by atoms with E-state index in [1.165, 1.54) is 5.57 Å². The zero-order chi connectivity index (χ0) is 39.6. The smallest absolute Gasteiger partial charge is 0.326 e. The highest BCUT2D eigenvalue weighted by atomic mass is 16.4. The number of hydrogen-bond donors (Lipinski definition) is 7. The van der Waals surface area contributed by atoms with Gasteiger partial charge in [-0.25, -0.2) is 4.79 Å². The van der Waals surface area contributed by atoms with Crippen molar-refractivity contribution in [1.82, 2.24) is 15.5 Å². The number of amides is 4. The number of carbonyl (C=O) groups excluding carboxylic acids is 4. The molecule has 0 spiro atoms. The van der Waals surface area contributed by atoms with E-state index in [1.54, 1.807) is 4.90 Å². The fourth-order valence-corrected chi connectivity index (χ4v) is 7.36. The molecule has 54 heavy (non-hydrogen) atoms. The Balaban J connectivity index is 1.74. The number of allylic oxidation sites excluding steroid dienone is 4. The zero-order valence-corrected chi connectivity index (χ0v) is 31.0. The summed E-state index contributed by atoms with van der Waals surface area (Å²) in [6.07, 6.45) is 4.28. The maximum atomic E-state index is 14.7. The van der Waals surface area contributed by atoms with Crippen molar-refractivity contribution < 1.29 is 39.0 Å². The van der Waals surface area contributed by atoms with Crippen LogP contribution in [0.4, 0.5) is 5.69 Å². The number of nitrogens with two attached hydrogens (primary N) is 2. The lowest BCUT2D eigenvalue weighted by molar-refractivity contribution is -0.143. The van der Waals surface area contributed by atoms with Gasteiger partial charge in [0.25, 0.3) is 0 Å². The summed E-state index contributed by atoms with van der Waals surface area (Å²) in [5.74, 6) is -6.27. The van der Waals surface area contributed by atoms with Crippen LogP contribution in [-0.4, -0.2) is 81.5 Å². The molecular weight excluding hydrogens is 692 g/mol. The summed E-state index contributed by atoms with van der Waals surface area (Å²) < 4.78 is 0. The largest absolute Gasteiger partial charge is 0.481 e. The van der Waals surface area contributed by atoms with Gasteiger partial charge in [0, 0.05) is 25.1 Å². The third kappa shape index (κ3) is 10.1. The molecule has 4 rings (SSSR count). The summed E-state index contributed by atoms with van der Waals surface area (Å²) in [5, 5.41) is 27.8. The van der Waals surface area contributed by atoms with Crippen LogP contribution in [0.5, 0.6) is 0 Å². The van der Waals surface area contributed by atoms with E-state index >= 15 is 0 Å². The Labute approximate surface area is 315 Å². The highest BCUT2D eigenvalue weighted by Crippen LogP contribution is 2.54. The number of likely N-dealkylation sites (tertiary alicyclic amines) is 1. The van der Waals surface area contributed by atoms with Gasteiger partial charge in [0.1, 0.15) is 18.2 Å². The molecule has 2 aromatic rings. The van der Waals surface area contributed by atoms with Crippen molar-refractivity contribution in [2.45, 2.75) is 102 Å². The van der Waals surface area contributed by atoms with Gasteiger partial charge in [-0.2, -0.15) is 0 Å². The van der Waals surface area contributed by atoms with Crippen LogP contribution in [0.15, 0.2) is 77.9 Å². The van der Waals surface area contributed by atoms with Gasteiger partial charge in [0.2, 0.25) is 23.6 Å².